The first-order chi connectivity index (χ1) is 14.9. The number of halogens is 1. The molecule has 0 fully saturated rings. The highest BCUT2D eigenvalue weighted by molar-refractivity contribution is 7.20. The molecule has 0 bridgehead atoms. The monoisotopic (exact) mass is 434 g/mol. The van der Waals surface area contributed by atoms with Crippen molar-refractivity contribution in [3.05, 3.63) is 76.5 Å². The largest absolute Gasteiger partial charge is 0.451 e. The second-order valence-electron chi connectivity index (χ2n) is 6.62. The number of ether oxygens (including phenoxy) is 1. The highest BCUT2D eigenvalue weighted by Crippen LogP contribution is 2.30. The molecular weight excluding hydrogens is 419 g/mol. The molecule has 0 aliphatic carbocycles. The van der Waals surface area contributed by atoms with Crippen LogP contribution in [0.15, 0.2) is 54.6 Å². The molecule has 31 heavy (non-hydrogen) atoms. The Bertz CT molecular complexity index is 1320. The minimum absolute atomic E-state index is 0.331. The smallest absolute Gasteiger partial charge is 0.348 e. The maximum atomic E-state index is 13.2. The summed E-state index contributed by atoms with van der Waals surface area (Å²) in [6.07, 6.45) is 0. The standard InChI is InChI=1S/C22H15FN4O3S/c1-13-18-10-19(31-21(18)27(26-13)17-8-4-15(23)5-9-17)22(29)30-12-20(28)25-16-6-2-14(11-24)3-7-16/h2-10H,12H2,1H3,(H,25,28). The lowest BCUT2D eigenvalue weighted by Crippen LogP contribution is -2.20. The molecule has 2 heterocycles. The number of aryl methyl sites for hydroxylation is 1. The third-order valence-electron chi connectivity index (χ3n) is 4.45. The van der Waals surface area contributed by atoms with Crippen molar-refractivity contribution in [3.8, 4) is 11.8 Å². The van der Waals surface area contributed by atoms with Gasteiger partial charge in [-0.2, -0.15) is 10.4 Å². The van der Waals surface area contributed by atoms with E-state index < -0.39 is 18.5 Å². The fourth-order valence-corrected chi connectivity index (χ4v) is 4.01. The number of fused-ring (bicyclic) bond motifs is 1. The number of hydrogen-bond acceptors (Lipinski definition) is 6. The number of nitriles is 1. The Morgan fingerprint density at radius 1 is 1.19 bits per heavy atom. The summed E-state index contributed by atoms with van der Waals surface area (Å²) in [5.74, 6) is -1.47. The van der Waals surface area contributed by atoms with Crippen molar-refractivity contribution in [1.29, 1.82) is 5.26 Å². The Balaban J connectivity index is 1.45. The van der Waals surface area contributed by atoms with Gasteiger partial charge in [0.25, 0.3) is 5.91 Å². The lowest BCUT2D eigenvalue weighted by Gasteiger charge is -2.06. The topological polar surface area (TPSA) is 97.0 Å². The molecule has 154 valence electrons. The summed E-state index contributed by atoms with van der Waals surface area (Å²) in [6.45, 7) is 1.37. The van der Waals surface area contributed by atoms with Crippen LogP contribution in [0.2, 0.25) is 0 Å². The van der Waals surface area contributed by atoms with E-state index in [1.807, 2.05) is 13.0 Å². The summed E-state index contributed by atoms with van der Waals surface area (Å²) in [6, 6.07) is 15.9. The van der Waals surface area contributed by atoms with Crippen molar-refractivity contribution >= 4 is 39.1 Å². The molecule has 0 aliphatic rings. The first-order valence-corrected chi connectivity index (χ1v) is 9.98. The van der Waals surface area contributed by atoms with Crippen LogP contribution < -0.4 is 5.32 Å². The molecule has 4 rings (SSSR count). The molecule has 2 aromatic carbocycles. The van der Waals surface area contributed by atoms with Gasteiger partial charge in [0.05, 0.1) is 23.0 Å². The van der Waals surface area contributed by atoms with Gasteiger partial charge in [-0.25, -0.2) is 13.9 Å². The quantitative estimate of drug-likeness (QED) is 0.475. The maximum Gasteiger partial charge on any atom is 0.348 e. The molecule has 0 aliphatic heterocycles. The second-order valence-corrected chi connectivity index (χ2v) is 7.65. The minimum Gasteiger partial charge on any atom is -0.451 e. The zero-order chi connectivity index (χ0) is 22.0. The molecule has 9 heteroatoms. The SMILES string of the molecule is Cc1nn(-c2ccc(F)cc2)c2sc(C(=O)OCC(=O)Nc3ccc(C#N)cc3)cc12. The van der Waals surface area contributed by atoms with E-state index in [-0.39, 0.29) is 5.82 Å². The zero-order valence-electron chi connectivity index (χ0n) is 16.3. The van der Waals surface area contributed by atoms with Crippen molar-refractivity contribution in [1.82, 2.24) is 9.78 Å². The van der Waals surface area contributed by atoms with Gasteiger partial charge in [-0.1, -0.05) is 0 Å². The Kier molecular flexibility index (Phi) is 5.47. The number of nitrogens with one attached hydrogen (secondary N) is 1. The van der Waals surface area contributed by atoms with Crippen LogP contribution in [0.4, 0.5) is 10.1 Å². The molecule has 0 saturated heterocycles. The average Bonchev–Trinajstić information content (AvgIpc) is 3.34. The maximum absolute atomic E-state index is 13.2. The van der Waals surface area contributed by atoms with Crippen LogP contribution >= 0.6 is 11.3 Å². The summed E-state index contributed by atoms with van der Waals surface area (Å²) < 4.78 is 20.0. The number of benzene rings is 2. The highest BCUT2D eigenvalue weighted by atomic mass is 32.1. The van der Waals surface area contributed by atoms with Crippen LogP contribution in [0.1, 0.15) is 20.9 Å². The number of esters is 1. The molecule has 4 aromatic rings. The summed E-state index contributed by atoms with van der Waals surface area (Å²) in [7, 11) is 0. The van der Waals surface area contributed by atoms with Gasteiger partial charge in [-0.3, -0.25) is 4.79 Å². The Labute approximate surface area is 180 Å². The average molecular weight is 434 g/mol. The van der Waals surface area contributed by atoms with Gasteiger partial charge in [0, 0.05) is 11.1 Å². The first kappa shape index (κ1) is 20.3. The van der Waals surface area contributed by atoms with Crippen LogP contribution in [-0.4, -0.2) is 28.3 Å². The third-order valence-corrected chi connectivity index (χ3v) is 5.54. The predicted octanol–water partition coefficient (Wildman–Crippen LogP) is 4.20. The van der Waals surface area contributed by atoms with Gasteiger partial charge in [0.2, 0.25) is 0 Å². The zero-order valence-corrected chi connectivity index (χ0v) is 17.1. The second kappa shape index (κ2) is 8.38. The number of carbonyl (C=O) groups is 2. The van der Waals surface area contributed by atoms with Gasteiger partial charge in [0.15, 0.2) is 6.61 Å². The lowest BCUT2D eigenvalue weighted by atomic mass is 10.2. The number of rotatable bonds is 5. The molecule has 1 N–H and O–H groups in total. The number of thiophene rings is 1. The number of carbonyl (C=O) groups excluding carboxylic acids is 2. The number of nitrogens with zero attached hydrogens (tertiary/aromatic N) is 3. The van der Waals surface area contributed by atoms with E-state index in [4.69, 9.17) is 10.00 Å². The molecule has 0 unspecified atom stereocenters. The molecule has 0 radical (unpaired) electrons. The summed E-state index contributed by atoms with van der Waals surface area (Å²) >= 11 is 1.18. The van der Waals surface area contributed by atoms with Gasteiger partial charge >= 0.3 is 5.97 Å². The molecule has 7 nitrogen and oxygen atoms in total. The molecule has 0 spiro atoms. The molecule has 2 aromatic heterocycles. The fourth-order valence-electron chi connectivity index (χ4n) is 2.93. The summed E-state index contributed by atoms with van der Waals surface area (Å²) in [5, 5.41) is 16.6. The van der Waals surface area contributed by atoms with Crippen molar-refractivity contribution in [2.75, 3.05) is 11.9 Å². The van der Waals surface area contributed by atoms with E-state index in [1.165, 1.54) is 23.5 Å². The van der Waals surface area contributed by atoms with E-state index >= 15 is 0 Å². The molecular formula is C22H15FN4O3S. The van der Waals surface area contributed by atoms with Crippen molar-refractivity contribution in [3.63, 3.8) is 0 Å². The van der Waals surface area contributed by atoms with Crippen LogP contribution in [0.5, 0.6) is 0 Å². The van der Waals surface area contributed by atoms with Crippen molar-refractivity contribution in [2.45, 2.75) is 6.92 Å². The van der Waals surface area contributed by atoms with Gasteiger partial charge in [-0.05, 0) is 61.5 Å². The fraction of sp³-hybridized carbons (Fsp3) is 0.0909. The molecule has 1 amide bonds. The summed E-state index contributed by atoms with van der Waals surface area (Å²) in [4.78, 5) is 25.6. The number of hydrogen-bond donors (Lipinski definition) is 1. The van der Waals surface area contributed by atoms with E-state index in [0.717, 1.165) is 10.2 Å². The number of aromatic nitrogens is 2. The lowest BCUT2D eigenvalue weighted by molar-refractivity contribution is -0.119. The Morgan fingerprint density at radius 2 is 1.90 bits per heavy atom. The first-order valence-electron chi connectivity index (χ1n) is 9.17. The molecule has 0 atom stereocenters. The van der Waals surface area contributed by atoms with E-state index in [9.17, 15) is 14.0 Å². The van der Waals surface area contributed by atoms with E-state index in [0.29, 0.717) is 27.5 Å². The minimum atomic E-state index is -0.624. The van der Waals surface area contributed by atoms with Crippen molar-refractivity contribution in [2.24, 2.45) is 0 Å². The van der Waals surface area contributed by atoms with Gasteiger partial charge in [-0.15, -0.1) is 11.3 Å². The Hall–Kier alpha value is -4.03. The van der Waals surface area contributed by atoms with Crippen molar-refractivity contribution < 1.29 is 18.7 Å². The van der Waals surface area contributed by atoms with Crippen LogP contribution in [0.25, 0.3) is 15.9 Å². The summed E-state index contributed by atoms with van der Waals surface area (Å²) in [5.41, 5.74) is 2.36. The number of anilines is 1. The Morgan fingerprint density at radius 3 is 2.58 bits per heavy atom. The van der Waals surface area contributed by atoms with E-state index in [1.54, 1.807) is 47.1 Å². The van der Waals surface area contributed by atoms with Gasteiger partial charge < -0.3 is 10.1 Å². The third kappa shape index (κ3) is 4.29. The van der Waals surface area contributed by atoms with Crippen LogP contribution in [0, 0.1) is 24.1 Å². The van der Waals surface area contributed by atoms with Gasteiger partial charge in [0.1, 0.15) is 15.5 Å². The van der Waals surface area contributed by atoms with Crippen LogP contribution in [-0.2, 0) is 9.53 Å². The van der Waals surface area contributed by atoms with E-state index in [2.05, 4.69) is 10.4 Å². The van der Waals surface area contributed by atoms with Crippen LogP contribution in [0.3, 0.4) is 0 Å². The normalized spacial score (nSPS) is 10.6. The molecule has 0 saturated carbocycles. The highest BCUT2D eigenvalue weighted by Gasteiger charge is 2.19. The number of amides is 1. The predicted molar refractivity (Wildman–Crippen MR) is 114 cm³/mol.